The van der Waals surface area contributed by atoms with Crippen LogP contribution < -0.4 is 10.6 Å². The lowest BCUT2D eigenvalue weighted by Crippen LogP contribution is -2.15. The molecular weight excluding hydrogens is 370 g/mol. The van der Waals surface area contributed by atoms with Crippen molar-refractivity contribution in [3.63, 3.8) is 0 Å². The summed E-state index contributed by atoms with van der Waals surface area (Å²) in [7, 11) is 0. The van der Waals surface area contributed by atoms with Crippen LogP contribution in [-0.2, 0) is 6.54 Å². The highest BCUT2D eigenvalue weighted by molar-refractivity contribution is 9.10. The van der Waals surface area contributed by atoms with Crippen LogP contribution in [0.25, 0.3) is 0 Å². The Balaban J connectivity index is 1.61. The van der Waals surface area contributed by atoms with E-state index in [4.69, 9.17) is 0 Å². The molecule has 0 radical (unpaired) electrons. The Hall–Kier alpha value is -2.80. The van der Waals surface area contributed by atoms with E-state index in [-0.39, 0.29) is 11.6 Å². The average molecular weight is 384 g/mol. The van der Waals surface area contributed by atoms with Gasteiger partial charge in [-0.1, -0.05) is 18.2 Å². The van der Waals surface area contributed by atoms with Gasteiger partial charge in [0.1, 0.15) is 11.5 Å². The molecule has 0 saturated heterocycles. The summed E-state index contributed by atoms with van der Waals surface area (Å²) in [6, 6.07) is 13.1. The standard InChI is InChI=1S/C17H14BrN5O/c18-13-6-1-2-7-14(13)23-17(24)15-10-22-16(11-20-15)21-9-12-5-3-4-8-19-12/h1-8,10-11H,9H2,(H,21,22)(H,23,24). The lowest BCUT2D eigenvalue weighted by Gasteiger charge is -2.07. The Kier molecular flexibility index (Phi) is 5.12. The summed E-state index contributed by atoms with van der Waals surface area (Å²) < 4.78 is 0.806. The predicted molar refractivity (Wildman–Crippen MR) is 95.7 cm³/mol. The van der Waals surface area contributed by atoms with E-state index in [1.165, 1.54) is 12.4 Å². The summed E-state index contributed by atoms with van der Waals surface area (Å²) >= 11 is 3.38. The monoisotopic (exact) mass is 383 g/mol. The van der Waals surface area contributed by atoms with Crippen LogP contribution in [0.15, 0.2) is 65.5 Å². The van der Waals surface area contributed by atoms with Crippen LogP contribution in [0.2, 0.25) is 0 Å². The van der Waals surface area contributed by atoms with Gasteiger partial charge in [0.2, 0.25) is 0 Å². The zero-order valence-electron chi connectivity index (χ0n) is 12.6. The van der Waals surface area contributed by atoms with Crippen molar-refractivity contribution in [2.45, 2.75) is 6.54 Å². The first kappa shape index (κ1) is 16.1. The molecule has 0 saturated carbocycles. The van der Waals surface area contributed by atoms with Crippen molar-refractivity contribution in [1.29, 1.82) is 0 Å². The average Bonchev–Trinajstić information content (AvgIpc) is 2.63. The number of aromatic nitrogens is 3. The molecule has 3 aromatic rings. The summed E-state index contributed by atoms with van der Waals surface area (Å²) in [6.45, 7) is 0.540. The van der Waals surface area contributed by atoms with Gasteiger partial charge in [-0.05, 0) is 40.2 Å². The molecule has 7 heteroatoms. The van der Waals surface area contributed by atoms with E-state index >= 15 is 0 Å². The largest absolute Gasteiger partial charge is 0.363 e. The number of nitrogens with zero attached hydrogens (tertiary/aromatic N) is 3. The Morgan fingerprint density at radius 3 is 2.54 bits per heavy atom. The fourth-order valence-corrected chi connectivity index (χ4v) is 2.35. The van der Waals surface area contributed by atoms with E-state index in [2.05, 4.69) is 41.5 Å². The minimum atomic E-state index is -0.314. The van der Waals surface area contributed by atoms with Crippen LogP contribution in [0.3, 0.4) is 0 Å². The van der Waals surface area contributed by atoms with Gasteiger partial charge in [0.25, 0.3) is 5.91 Å². The number of pyridine rings is 1. The number of para-hydroxylation sites is 1. The van der Waals surface area contributed by atoms with Gasteiger partial charge in [0.15, 0.2) is 0 Å². The van der Waals surface area contributed by atoms with Crippen molar-refractivity contribution < 1.29 is 4.79 Å². The maximum atomic E-state index is 12.2. The third-order valence-corrected chi connectivity index (χ3v) is 3.87. The van der Waals surface area contributed by atoms with Crippen LogP contribution in [0, 0.1) is 0 Å². The predicted octanol–water partition coefficient (Wildman–Crippen LogP) is 3.50. The number of amides is 1. The maximum Gasteiger partial charge on any atom is 0.275 e. The zero-order chi connectivity index (χ0) is 16.8. The number of rotatable bonds is 5. The van der Waals surface area contributed by atoms with E-state index in [1.54, 1.807) is 12.3 Å². The highest BCUT2D eigenvalue weighted by Gasteiger charge is 2.10. The molecule has 0 aliphatic carbocycles. The highest BCUT2D eigenvalue weighted by atomic mass is 79.9. The van der Waals surface area contributed by atoms with E-state index in [1.807, 2.05) is 36.4 Å². The molecule has 24 heavy (non-hydrogen) atoms. The van der Waals surface area contributed by atoms with Crippen molar-refractivity contribution in [3.8, 4) is 0 Å². The zero-order valence-corrected chi connectivity index (χ0v) is 14.2. The Labute approximate surface area is 147 Å². The number of nitrogens with one attached hydrogen (secondary N) is 2. The molecular formula is C17H14BrN5O. The minimum Gasteiger partial charge on any atom is -0.363 e. The summed E-state index contributed by atoms with van der Waals surface area (Å²) in [5.74, 6) is 0.267. The minimum absolute atomic E-state index is 0.245. The van der Waals surface area contributed by atoms with Gasteiger partial charge in [-0.3, -0.25) is 9.78 Å². The molecule has 0 aliphatic rings. The second kappa shape index (κ2) is 7.65. The summed E-state index contributed by atoms with van der Waals surface area (Å²) in [5.41, 5.74) is 1.82. The molecule has 0 unspecified atom stereocenters. The number of anilines is 2. The summed E-state index contributed by atoms with van der Waals surface area (Å²) in [6.07, 6.45) is 4.70. The molecule has 120 valence electrons. The second-order valence-corrected chi connectivity index (χ2v) is 5.75. The number of hydrogen-bond donors (Lipinski definition) is 2. The first-order valence-electron chi connectivity index (χ1n) is 7.24. The molecule has 0 atom stereocenters. The second-order valence-electron chi connectivity index (χ2n) is 4.90. The first-order chi connectivity index (χ1) is 11.7. The molecule has 3 rings (SSSR count). The van der Waals surface area contributed by atoms with Crippen LogP contribution in [-0.4, -0.2) is 20.9 Å². The van der Waals surface area contributed by atoms with Crippen molar-refractivity contribution in [2.75, 3.05) is 10.6 Å². The molecule has 0 fully saturated rings. The summed E-state index contributed by atoms with van der Waals surface area (Å²) in [4.78, 5) is 24.8. The van der Waals surface area contributed by atoms with Crippen LogP contribution in [0.4, 0.5) is 11.5 Å². The van der Waals surface area contributed by atoms with Crippen LogP contribution in [0.1, 0.15) is 16.2 Å². The van der Waals surface area contributed by atoms with Gasteiger partial charge in [-0.2, -0.15) is 0 Å². The molecule has 2 heterocycles. The molecule has 1 amide bonds. The molecule has 0 spiro atoms. The lowest BCUT2D eigenvalue weighted by molar-refractivity contribution is 0.102. The van der Waals surface area contributed by atoms with E-state index in [0.29, 0.717) is 18.1 Å². The van der Waals surface area contributed by atoms with Crippen molar-refractivity contribution in [2.24, 2.45) is 0 Å². The molecule has 2 aromatic heterocycles. The number of carbonyl (C=O) groups excluding carboxylic acids is 1. The van der Waals surface area contributed by atoms with Crippen molar-refractivity contribution in [3.05, 3.63) is 76.9 Å². The SMILES string of the molecule is O=C(Nc1ccccc1Br)c1cnc(NCc2ccccn2)cn1. The van der Waals surface area contributed by atoms with Gasteiger partial charge in [0, 0.05) is 10.7 Å². The number of carbonyl (C=O) groups is 1. The first-order valence-corrected chi connectivity index (χ1v) is 8.03. The fraction of sp³-hybridized carbons (Fsp3) is 0.0588. The quantitative estimate of drug-likeness (QED) is 0.704. The van der Waals surface area contributed by atoms with Crippen molar-refractivity contribution in [1.82, 2.24) is 15.0 Å². The van der Waals surface area contributed by atoms with Crippen LogP contribution >= 0.6 is 15.9 Å². The topological polar surface area (TPSA) is 79.8 Å². The third kappa shape index (κ3) is 4.14. The summed E-state index contributed by atoms with van der Waals surface area (Å²) in [5, 5.41) is 5.90. The Morgan fingerprint density at radius 1 is 1.00 bits per heavy atom. The molecule has 0 bridgehead atoms. The van der Waals surface area contributed by atoms with E-state index in [9.17, 15) is 4.79 Å². The number of hydrogen-bond acceptors (Lipinski definition) is 5. The van der Waals surface area contributed by atoms with Gasteiger partial charge in [0.05, 0.1) is 30.3 Å². The number of halogens is 1. The molecule has 1 aromatic carbocycles. The van der Waals surface area contributed by atoms with E-state index in [0.717, 1.165) is 10.2 Å². The van der Waals surface area contributed by atoms with Gasteiger partial charge < -0.3 is 10.6 Å². The molecule has 0 aliphatic heterocycles. The fourth-order valence-electron chi connectivity index (χ4n) is 1.97. The normalized spacial score (nSPS) is 10.2. The van der Waals surface area contributed by atoms with E-state index < -0.39 is 0 Å². The van der Waals surface area contributed by atoms with Crippen molar-refractivity contribution >= 4 is 33.3 Å². The smallest absolute Gasteiger partial charge is 0.275 e. The maximum absolute atomic E-state index is 12.2. The Bertz CT molecular complexity index is 824. The molecule has 2 N–H and O–H groups in total. The van der Waals surface area contributed by atoms with Gasteiger partial charge in [-0.25, -0.2) is 9.97 Å². The Morgan fingerprint density at radius 2 is 1.83 bits per heavy atom. The third-order valence-electron chi connectivity index (χ3n) is 3.18. The van der Waals surface area contributed by atoms with Crippen LogP contribution in [0.5, 0.6) is 0 Å². The number of benzene rings is 1. The molecule has 6 nitrogen and oxygen atoms in total. The lowest BCUT2D eigenvalue weighted by atomic mass is 10.3. The van der Waals surface area contributed by atoms with Gasteiger partial charge in [-0.15, -0.1) is 0 Å². The van der Waals surface area contributed by atoms with Gasteiger partial charge >= 0.3 is 0 Å². The highest BCUT2D eigenvalue weighted by Crippen LogP contribution is 2.21.